The Morgan fingerprint density at radius 3 is 2.21 bits per heavy atom. The number of β-amino-alcohol motifs (C(OH)–C–C–N with tert-alkyl or cyclic N) is 1. The molecule has 0 aromatic carbocycles. The molecule has 0 bridgehead atoms. The average Bonchev–Trinajstić information content (AvgIpc) is 2.45. The molecule has 2 unspecified atom stereocenters. The first-order valence-electron chi connectivity index (χ1n) is 6.14. The maximum Gasteiger partial charge on any atom is 0.0692 e. The van der Waals surface area contributed by atoms with Crippen LogP contribution in [0.2, 0.25) is 0 Å². The Balaban J connectivity index is 2.26. The minimum Gasteiger partial charge on any atom is -0.392 e. The smallest absolute Gasteiger partial charge is 0.0692 e. The second-order valence-corrected chi connectivity index (χ2v) is 4.67. The van der Waals surface area contributed by atoms with Gasteiger partial charge in [-0.05, 0) is 31.8 Å². The molecule has 2 atom stereocenters. The summed E-state index contributed by atoms with van der Waals surface area (Å²) in [7, 11) is 0. The highest BCUT2D eigenvalue weighted by atomic mass is 16.3. The molecule has 0 amide bonds. The van der Waals surface area contributed by atoms with Gasteiger partial charge in [0.1, 0.15) is 0 Å². The summed E-state index contributed by atoms with van der Waals surface area (Å²) in [6.07, 6.45) is 6.32. The number of aliphatic hydroxyl groups excluding tert-OH is 1. The van der Waals surface area contributed by atoms with Crippen LogP contribution in [0.5, 0.6) is 0 Å². The lowest BCUT2D eigenvalue weighted by molar-refractivity contribution is 0.0697. The van der Waals surface area contributed by atoms with Crippen molar-refractivity contribution in [3.05, 3.63) is 0 Å². The van der Waals surface area contributed by atoms with Gasteiger partial charge in [-0.2, -0.15) is 0 Å². The fourth-order valence-corrected chi connectivity index (χ4v) is 2.04. The molecule has 14 heavy (non-hydrogen) atoms. The molecule has 0 radical (unpaired) electrons. The monoisotopic (exact) mass is 199 g/mol. The maximum absolute atomic E-state index is 9.92. The van der Waals surface area contributed by atoms with Gasteiger partial charge in [0.05, 0.1) is 6.10 Å². The number of aliphatic hydroxyl groups is 1. The van der Waals surface area contributed by atoms with Crippen molar-refractivity contribution >= 4 is 0 Å². The first-order valence-corrected chi connectivity index (χ1v) is 6.14. The average molecular weight is 199 g/mol. The summed E-state index contributed by atoms with van der Waals surface area (Å²) in [6.45, 7) is 7.55. The molecular weight excluding hydrogens is 174 g/mol. The third-order valence-corrected chi connectivity index (χ3v) is 3.44. The number of hydrogen-bond acceptors (Lipinski definition) is 2. The van der Waals surface area contributed by atoms with E-state index in [-0.39, 0.29) is 6.10 Å². The van der Waals surface area contributed by atoms with Crippen LogP contribution in [0.1, 0.15) is 46.0 Å². The zero-order valence-electron chi connectivity index (χ0n) is 9.71. The summed E-state index contributed by atoms with van der Waals surface area (Å²) in [5.41, 5.74) is 0. The zero-order chi connectivity index (χ0) is 10.4. The Kier molecular flexibility index (Phi) is 5.49. The first-order chi connectivity index (χ1) is 6.74. The van der Waals surface area contributed by atoms with Crippen LogP contribution in [0, 0.1) is 5.92 Å². The number of hydrogen-bond donors (Lipinski definition) is 1. The van der Waals surface area contributed by atoms with E-state index in [0.717, 1.165) is 13.0 Å². The van der Waals surface area contributed by atoms with Crippen LogP contribution < -0.4 is 0 Å². The van der Waals surface area contributed by atoms with Crippen molar-refractivity contribution in [2.75, 3.05) is 19.6 Å². The van der Waals surface area contributed by atoms with E-state index < -0.39 is 0 Å². The van der Waals surface area contributed by atoms with E-state index in [1.54, 1.807) is 0 Å². The van der Waals surface area contributed by atoms with Crippen molar-refractivity contribution in [1.29, 1.82) is 0 Å². The van der Waals surface area contributed by atoms with Crippen molar-refractivity contribution in [2.45, 2.75) is 52.1 Å². The first kappa shape index (κ1) is 12.0. The van der Waals surface area contributed by atoms with Gasteiger partial charge in [0.15, 0.2) is 0 Å². The number of nitrogens with zero attached hydrogens (tertiary/aromatic N) is 1. The third-order valence-electron chi connectivity index (χ3n) is 3.44. The van der Waals surface area contributed by atoms with Crippen molar-refractivity contribution in [3.63, 3.8) is 0 Å². The van der Waals surface area contributed by atoms with E-state index in [2.05, 4.69) is 18.7 Å². The lowest BCUT2D eigenvalue weighted by Gasteiger charge is -2.26. The predicted molar refractivity (Wildman–Crippen MR) is 60.4 cm³/mol. The molecule has 0 spiro atoms. The second kappa shape index (κ2) is 6.41. The quantitative estimate of drug-likeness (QED) is 0.751. The molecule has 1 saturated heterocycles. The molecule has 2 nitrogen and oxygen atoms in total. The number of rotatable bonds is 4. The van der Waals surface area contributed by atoms with Gasteiger partial charge in [-0.15, -0.1) is 0 Å². The minimum absolute atomic E-state index is 0.127. The lowest BCUT2D eigenvalue weighted by Crippen LogP contribution is -2.36. The fourth-order valence-electron chi connectivity index (χ4n) is 2.04. The Hall–Kier alpha value is -0.0800. The largest absolute Gasteiger partial charge is 0.392 e. The molecule has 0 saturated carbocycles. The fraction of sp³-hybridized carbons (Fsp3) is 1.00. The molecule has 1 aliphatic heterocycles. The maximum atomic E-state index is 9.92. The molecule has 1 rings (SSSR count). The normalized spacial score (nSPS) is 24.2. The van der Waals surface area contributed by atoms with Crippen LogP contribution in [0.4, 0.5) is 0 Å². The zero-order valence-corrected chi connectivity index (χ0v) is 9.71. The molecule has 84 valence electrons. The van der Waals surface area contributed by atoms with Gasteiger partial charge < -0.3 is 10.0 Å². The van der Waals surface area contributed by atoms with E-state index in [4.69, 9.17) is 0 Å². The molecule has 0 aromatic heterocycles. The molecule has 2 heteroatoms. The molecule has 1 fully saturated rings. The summed E-state index contributed by atoms with van der Waals surface area (Å²) < 4.78 is 0. The van der Waals surface area contributed by atoms with Crippen LogP contribution in [-0.4, -0.2) is 35.7 Å². The highest BCUT2D eigenvalue weighted by molar-refractivity contribution is 4.71. The number of likely N-dealkylation sites (tertiary alicyclic amines) is 1. The predicted octanol–water partition coefficient (Wildman–Crippen LogP) is 2.27. The Morgan fingerprint density at radius 2 is 1.71 bits per heavy atom. The van der Waals surface area contributed by atoms with Crippen molar-refractivity contribution in [1.82, 2.24) is 4.90 Å². The van der Waals surface area contributed by atoms with Gasteiger partial charge >= 0.3 is 0 Å². The van der Waals surface area contributed by atoms with Gasteiger partial charge in [-0.3, -0.25) is 0 Å². The Bertz CT molecular complexity index is 141. The second-order valence-electron chi connectivity index (χ2n) is 4.67. The van der Waals surface area contributed by atoms with Gasteiger partial charge in [0.25, 0.3) is 0 Å². The summed E-state index contributed by atoms with van der Waals surface area (Å²) >= 11 is 0. The van der Waals surface area contributed by atoms with Gasteiger partial charge in [-0.25, -0.2) is 0 Å². The third kappa shape index (κ3) is 3.97. The lowest BCUT2D eigenvalue weighted by atomic mass is 10.0. The van der Waals surface area contributed by atoms with Crippen LogP contribution in [0.15, 0.2) is 0 Å². The highest BCUT2D eigenvalue weighted by Crippen LogP contribution is 2.13. The van der Waals surface area contributed by atoms with Crippen molar-refractivity contribution in [3.8, 4) is 0 Å². The molecule has 1 aliphatic rings. The molecule has 0 aliphatic carbocycles. The molecular formula is C12H25NO. The van der Waals surface area contributed by atoms with Crippen LogP contribution in [-0.2, 0) is 0 Å². The van der Waals surface area contributed by atoms with E-state index in [1.807, 2.05) is 0 Å². The van der Waals surface area contributed by atoms with Crippen LogP contribution in [0.3, 0.4) is 0 Å². The summed E-state index contributed by atoms with van der Waals surface area (Å²) in [5, 5.41) is 9.92. The summed E-state index contributed by atoms with van der Waals surface area (Å²) in [4.78, 5) is 2.43. The minimum atomic E-state index is -0.127. The Labute approximate surface area is 88.3 Å². The SMILES string of the molecule is CCC(C)C(O)CN1CCCCCC1. The van der Waals surface area contributed by atoms with Crippen LogP contribution >= 0.6 is 0 Å². The van der Waals surface area contributed by atoms with Gasteiger partial charge in [0.2, 0.25) is 0 Å². The Morgan fingerprint density at radius 1 is 1.14 bits per heavy atom. The van der Waals surface area contributed by atoms with Crippen molar-refractivity contribution in [2.24, 2.45) is 5.92 Å². The molecule has 0 aromatic rings. The van der Waals surface area contributed by atoms with E-state index in [9.17, 15) is 5.11 Å². The topological polar surface area (TPSA) is 23.5 Å². The van der Waals surface area contributed by atoms with Crippen LogP contribution in [0.25, 0.3) is 0 Å². The van der Waals surface area contributed by atoms with E-state index in [0.29, 0.717) is 5.92 Å². The van der Waals surface area contributed by atoms with E-state index >= 15 is 0 Å². The summed E-state index contributed by atoms with van der Waals surface area (Å²) in [5.74, 6) is 0.443. The van der Waals surface area contributed by atoms with E-state index in [1.165, 1.54) is 38.8 Å². The van der Waals surface area contributed by atoms with Crippen molar-refractivity contribution < 1.29 is 5.11 Å². The molecule has 1 N–H and O–H groups in total. The van der Waals surface area contributed by atoms with Gasteiger partial charge in [-0.1, -0.05) is 33.1 Å². The van der Waals surface area contributed by atoms with Gasteiger partial charge in [0, 0.05) is 6.54 Å². The summed E-state index contributed by atoms with van der Waals surface area (Å²) in [6, 6.07) is 0. The standard InChI is InChI=1S/C12H25NO/c1-3-11(2)12(14)10-13-8-6-4-5-7-9-13/h11-12,14H,3-10H2,1-2H3. The highest BCUT2D eigenvalue weighted by Gasteiger charge is 2.17. The molecule has 1 heterocycles.